The number of para-hydroxylation sites is 1. The molecular weight excluding hydrogens is 470 g/mol. The third-order valence-corrected chi connectivity index (χ3v) is 7.15. The Morgan fingerprint density at radius 3 is 2.42 bits per heavy atom. The zero-order valence-electron chi connectivity index (χ0n) is 20.6. The van der Waals surface area contributed by atoms with E-state index in [1.165, 1.54) is 11.8 Å². The lowest BCUT2D eigenvalue weighted by atomic mass is 10.0. The van der Waals surface area contributed by atoms with Gasteiger partial charge < -0.3 is 5.32 Å². The van der Waals surface area contributed by atoms with Crippen LogP contribution in [0.25, 0.3) is 22.4 Å². The van der Waals surface area contributed by atoms with Crippen molar-refractivity contribution in [2.24, 2.45) is 0 Å². The summed E-state index contributed by atoms with van der Waals surface area (Å²) < 4.78 is 3.46. The third kappa shape index (κ3) is 4.40. The van der Waals surface area contributed by atoms with Crippen molar-refractivity contribution in [2.75, 3.05) is 5.75 Å². The van der Waals surface area contributed by atoms with Crippen LogP contribution in [0.1, 0.15) is 35.2 Å². The average Bonchev–Trinajstić information content (AvgIpc) is 3.26. The van der Waals surface area contributed by atoms with E-state index in [1.807, 2.05) is 86.7 Å². The van der Waals surface area contributed by atoms with Gasteiger partial charge in [0.05, 0.1) is 28.4 Å². The van der Waals surface area contributed by atoms with Crippen molar-refractivity contribution in [1.29, 1.82) is 0 Å². The molecule has 2 aromatic heterocycles. The Bertz CT molecular complexity index is 1650. The van der Waals surface area contributed by atoms with E-state index in [0.29, 0.717) is 21.8 Å². The predicted molar refractivity (Wildman–Crippen MR) is 144 cm³/mol. The largest absolute Gasteiger partial charge is 0.349 e. The van der Waals surface area contributed by atoms with Crippen LogP contribution >= 0.6 is 11.8 Å². The molecule has 1 amide bonds. The van der Waals surface area contributed by atoms with Crippen molar-refractivity contribution >= 4 is 34.3 Å². The first-order chi connectivity index (χ1) is 17.3. The van der Waals surface area contributed by atoms with Crippen LogP contribution in [0.5, 0.6) is 0 Å². The Labute approximate surface area is 213 Å². The van der Waals surface area contributed by atoms with Crippen LogP contribution < -0.4 is 10.9 Å². The van der Waals surface area contributed by atoms with Gasteiger partial charge in [-0.05, 0) is 74.2 Å². The molecule has 0 saturated heterocycles. The second-order valence-corrected chi connectivity index (χ2v) is 10.00. The number of nitrogens with one attached hydrogen (secondary N) is 1. The van der Waals surface area contributed by atoms with Crippen LogP contribution in [0, 0.1) is 20.8 Å². The van der Waals surface area contributed by atoms with E-state index in [0.717, 1.165) is 27.9 Å². The Hall–Kier alpha value is -3.91. The standard InChI is InChI=1S/C28H27N5O2S/c1-17-13-18(2)15-21(14-17)32-26(35)23-11-7-8-12-24(23)33-27(32)30-31-28(33)36-16-25(34)29-20(4)22-10-6-5-9-19(22)3/h5-15,20H,16H2,1-4H3,(H,29,34). The molecule has 0 bridgehead atoms. The highest BCUT2D eigenvalue weighted by Gasteiger charge is 2.19. The fourth-order valence-corrected chi connectivity index (χ4v) is 5.40. The van der Waals surface area contributed by atoms with Gasteiger partial charge in [-0.25, -0.2) is 4.57 Å². The number of hydrogen-bond acceptors (Lipinski definition) is 5. The van der Waals surface area contributed by atoms with Crippen molar-refractivity contribution < 1.29 is 4.79 Å². The second-order valence-electron chi connectivity index (χ2n) is 9.06. The molecule has 0 radical (unpaired) electrons. The van der Waals surface area contributed by atoms with Gasteiger partial charge in [0.15, 0.2) is 5.16 Å². The molecule has 8 heteroatoms. The summed E-state index contributed by atoms with van der Waals surface area (Å²) >= 11 is 1.30. The molecule has 5 rings (SSSR count). The molecule has 0 aliphatic carbocycles. The fourth-order valence-electron chi connectivity index (χ4n) is 4.65. The number of rotatable bonds is 6. The van der Waals surface area contributed by atoms with Crippen molar-refractivity contribution in [2.45, 2.75) is 38.9 Å². The first-order valence-corrected chi connectivity index (χ1v) is 12.8. The van der Waals surface area contributed by atoms with Gasteiger partial charge in [-0.3, -0.25) is 14.0 Å². The number of benzene rings is 3. The molecule has 1 N–H and O–H groups in total. The van der Waals surface area contributed by atoms with Crippen molar-refractivity contribution in [1.82, 2.24) is 24.5 Å². The molecule has 7 nitrogen and oxygen atoms in total. The molecule has 0 aliphatic rings. The Morgan fingerprint density at radius 1 is 0.972 bits per heavy atom. The summed E-state index contributed by atoms with van der Waals surface area (Å²) in [6.07, 6.45) is 0. The highest BCUT2D eigenvalue weighted by atomic mass is 32.2. The van der Waals surface area contributed by atoms with Gasteiger partial charge in [0.1, 0.15) is 0 Å². The Balaban J connectivity index is 1.51. The molecule has 0 aliphatic heterocycles. The van der Waals surface area contributed by atoms with E-state index in [4.69, 9.17) is 0 Å². The molecule has 1 unspecified atom stereocenters. The SMILES string of the molecule is Cc1cc(C)cc(-n2c(=O)c3ccccc3n3c(SCC(=O)NC(C)c4ccccc4C)nnc23)c1. The topological polar surface area (TPSA) is 81.3 Å². The van der Waals surface area contributed by atoms with Crippen LogP contribution in [0.3, 0.4) is 0 Å². The van der Waals surface area contributed by atoms with Crippen molar-refractivity contribution in [3.63, 3.8) is 0 Å². The summed E-state index contributed by atoms with van der Waals surface area (Å²) in [7, 11) is 0. The van der Waals surface area contributed by atoms with E-state index in [1.54, 1.807) is 10.6 Å². The quantitative estimate of drug-likeness (QED) is 0.337. The summed E-state index contributed by atoms with van der Waals surface area (Å²) in [6.45, 7) is 8.02. The lowest BCUT2D eigenvalue weighted by molar-refractivity contribution is -0.119. The maximum Gasteiger partial charge on any atom is 0.267 e. The molecule has 5 aromatic rings. The third-order valence-electron chi connectivity index (χ3n) is 6.22. The number of hydrogen-bond donors (Lipinski definition) is 1. The lowest BCUT2D eigenvalue weighted by Crippen LogP contribution is -2.28. The number of carbonyl (C=O) groups is 1. The fraction of sp³-hybridized carbons (Fsp3) is 0.214. The summed E-state index contributed by atoms with van der Waals surface area (Å²) in [5.74, 6) is 0.493. The highest BCUT2D eigenvalue weighted by Crippen LogP contribution is 2.24. The molecule has 1 atom stereocenters. The first-order valence-electron chi connectivity index (χ1n) is 11.8. The highest BCUT2D eigenvalue weighted by molar-refractivity contribution is 7.99. The number of aryl methyl sites for hydroxylation is 3. The summed E-state index contributed by atoms with van der Waals surface area (Å²) in [5.41, 5.74) is 5.62. The van der Waals surface area contributed by atoms with Crippen molar-refractivity contribution in [3.05, 3.63) is 99.3 Å². The minimum Gasteiger partial charge on any atom is -0.349 e. The van der Waals surface area contributed by atoms with Gasteiger partial charge in [0.25, 0.3) is 5.56 Å². The summed E-state index contributed by atoms with van der Waals surface area (Å²) in [5, 5.41) is 12.9. The van der Waals surface area contributed by atoms with E-state index >= 15 is 0 Å². The van der Waals surface area contributed by atoms with Crippen LogP contribution in [-0.2, 0) is 4.79 Å². The van der Waals surface area contributed by atoms with E-state index < -0.39 is 0 Å². The van der Waals surface area contributed by atoms with E-state index in [-0.39, 0.29) is 23.3 Å². The minimum absolute atomic E-state index is 0.0977. The molecular formula is C28H27N5O2S. The second kappa shape index (κ2) is 9.62. The average molecular weight is 498 g/mol. The maximum atomic E-state index is 13.5. The monoisotopic (exact) mass is 497 g/mol. The van der Waals surface area contributed by atoms with E-state index in [2.05, 4.69) is 21.6 Å². The van der Waals surface area contributed by atoms with Crippen molar-refractivity contribution in [3.8, 4) is 5.69 Å². The molecule has 3 aromatic carbocycles. The lowest BCUT2D eigenvalue weighted by Gasteiger charge is -2.16. The predicted octanol–water partition coefficient (Wildman–Crippen LogP) is 4.93. The zero-order chi connectivity index (χ0) is 25.4. The molecule has 182 valence electrons. The molecule has 2 heterocycles. The summed E-state index contributed by atoms with van der Waals surface area (Å²) in [6, 6.07) is 21.3. The Kier molecular flexibility index (Phi) is 6.36. The summed E-state index contributed by atoms with van der Waals surface area (Å²) in [4.78, 5) is 26.3. The molecule has 0 spiro atoms. The minimum atomic E-state index is -0.156. The number of fused-ring (bicyclic) bond motifs is 3. The molecule has 36 heavy (non-hydrogen) atoms. The maximum absolute atomic E-state index is 13.5. The molecule has 0 fully saturated rings. The van der Waals surface area contributed by atoms with Gasteiger partial charge in [0.2, 0.25) is 11.7 Å². The van der Waals surface area contributed by atoms with Gasteiger partial charge in [-0.1, -0.05) is 54.2 Å². The Morgan fingerprint density at radius 2 is 1.67 bits per heavy atom. The smallest absolute Gasteiger partial charge is 0.267 e. The number of aromatic nitrogens is 4. The zero-order valence-corrected chi connectivity index (χ0v) is 21.5. The van der Waals surface area contributed by atoms with Crippen LogP contribution in [0.4, 0.5) is 0 Å². The van der Waals surface area contributed by atoms with Crippen LogP contribution in [0.15, 0.2) is 76.7 Å². The van der Waals surface area contributed by atoms with Crippen LogP contribution in [0.2, 0.25) is 0 Å². The van der Waals surface area contributed by atoms with Gasteiger partial charge in [0, 0.05) is 0 Å². The number of carbonyl (C=O) groups excluding carboxylic acids is 1. The number of thioether (sulfide) groups is 1. The first kappa shape index (κ1) is 23.8. The van der Waals surface area contributed by atoms with E-state index in [9.17, 15) is 9.59 Å². The normalized spacial score (nSPS) is 12.2. The number of nitrogens with zero attached hydrogens (tertiary/aromatic N) is 4. The van der Waals surface area contributed by atoms with Gasteiger partial charge >= 0.3 is 0 Å². The van der Waals surface area contributed by atoms with Crippen LogP contribution in [-0.4, -0.2) is 30.8 Å². The number of amides is 1. The van der Waals surface area contributed by atoms with Gasteiger partial charge in [-0.15, -0.1) is 10.2 Å². The van der Waals surface area contributed by atoms with Gasteiger partial charge in [-0.2, -0.15) is 0 Å². The molecule has 0 saturated carbocycles.